The van der Waals surface area contributed by atoms with Gasteiger partial charge < -0.3 is 14.2 Å². The van der Waals surface area contributed by atoms with Crippen molar-refractivity contribution in [2.75, 3.05) is 26.3 Å². The van der Waals surface area contributed by atoms with E-state index in [2.05, 4.69) is 24.1 Å². The second kappa shape index (κ2) is 7.34. The van der Waals surface area contributed by atoms with Crippen molar-refractivity contribution in [1.29, 1.82) is 0 Å². The summed E-state index contributed by atoms with van der Waals surface area (Å²) in [5.41, 5.74) is 1.10. The van der Waals surface area contributed by atoms with Crippen molar-refractivity contribution in [2.45, 2.75) is 19.4 Å². The molecular weight excluding hydrogens is 288 g/mol. The average molecular weight is 310 g/mol. The lowest BCUT2D eigenvalue weighted by Gasteiger charge is -2.32. The van der Waals surface area contributed by atoms with E-state index in [1.165, 1.54) is 5.39 Å². The Morgan fingerprint density at radius 2 is 2.22 bits per heavy atom. The van der Waals surface area contributed by atoms with Crippen molar-refractivity contribution in [3.8, 4) is 12.3 Å². The molecule has 1 fully saturated rings. The van der Waals surface area contributed by atoms with Gasteiger partial charge in [-0.05, 0) is 36.3 Å². The van der Waals surface area contributed by atoms with Crippen molar-refractivity contribution in [2.24, 2.45) is 5.92 Å². The fraction of sp³-hybridized carbons (Fsp3) is 0.421. The Hall–Kier alpha value is -2.25. The zero-order valence-electron chi connectivity index (χ0n) is 13.3. The third-order valence-electron chi connectivity index (χ3n) is 4.40. The van der Waals surface area contributed by atoms with Gasteiger partial charge in [-0.2, -0.15) is 0 Å². The van der Waals surface area contributed by atoms with Crippen LogP contribution in [0.3, 0.4) is 0 Å². The number of likely N-dealkylation sites (tertiary alicyclic amines) is 1. The van der Waals surface area contributed by atoms with Gasteiger partial charge in [0, 0.05) is 24.8 Å². The first-order valence-corrected chi connectivity index (χ1v) is 8.11. The maximum Gasteiger partial charge on any atom is 0.242 e. The van der Waals surface area contributed by atoms with Gasteiger partial charge in [-0.3, -0.25) is 4.79 Å². The molecule has 0 radical (unpaired) electrons. The lowest BCUT2D eigenvalue weighted by atomic mass is 9.99. The summed E-state index contributed by atoms with van der Waals surface area (Å²) in [6.45, 7) is 2.98. The van der Waals surface area contributed by atoms with Crippen LogP contribution in [0.15, 0.2) is 36.5 Å². The molecule has 4 heteroatoms. The molecule has 1 aliphatic rings. The Morgan fingerprint density at radius 3 is 3.09 bits per heavy atom. The molecule has 4 nitrogen and oxygen atoms in total. The topological polar surface area (TPSA) is 34.5 Å². The predicted octanol–water partition coefficient (Wildman–Crippen LogP) is 2.53. The van der Waals surface area contributed by atoms with Gasteiger partial charge in [0.2, 0.25) is 5.91 Å². The summed E-state index contributed by atoms with van der Waals surface area (Å²) in [6, 6.07) is 10.2. The van der Waals surface area contributed by atoms with Gasteiger partial charge in [0.15, 0.2) is 0 Å². The van der Waals surface area contributed by atoms with Crippen LogP contribution in [-0.4, -0.2) is 41.7 Å². The number of ether oxygens (including phenoxy) is 1. The molecule has 0 bridgehead atoms. The fourth-order valence-corrected chi connectivity index (χ4v) is 3.24. The quantitative estimate of drug-likeness (QED) is 0.628. The summed E-state index contributed by atoms with van der Waals surface area (Å²) in [5.74, 6) is 3.05. The number of hydrogen-bond donors (Lipinski definition) is 0. The standard InChI is InChI=1S/C19H22N2O2/c1-2-12-23-15-16-6-5-10-21(13-16)19(22)14-20-11-9-17-7-3-4-8-18(17)20/h1,3-4,7-9,11,16H,5-6,10,12-15H2. The minimum atomic E-state index is 0.174. The van der Waals surface area contributed by atoms with Crippen molar-refractivity contribution >= 4 is 16.8 Å². The van der Waals surface area contributed by atoms with E-state index in [0.29, 0.717) is 25.7 Å². The molecule has 0 N–H and O–H groups in total. The van der Waals surface area contributed by atoms with Crippen molar-refractivity contribution in [3.05, 3.63) is 36.5 Å². The SMILES string of the molecule is C#CCOCC1CCCN(C(=O)Cn2ccc3ccccc32)C1. The summed E-state index contributed by atoms with van der Waals surface area (Å²) < 4.78 is 7.46. The number of fused-ring (bicyclic) bond motifs is 1. The summed E-state index contributed by atoms with van der Waals surface area (Å²) in [4.78, 5) is 14.6. The number of piperidine rings is 1. The molecule has 23 heavy (non-hydrogen) atoms. The molecule has 1 aromatic carbocycles. The number of terminal acetylenes is 1. The average Bonchev–Trinajstić information content (AvgIpc) is 2.99. The number of benzene rings is 1. The van der Waals surface area contributed by atoms with E-state index in [4.69, 9.17) is 11.2 Å². The number of nitrogens with zero attached hydrogens (tertiary/aromatic N) is 2. The number of hydrogen-bond acceptors (Lipinski definition) is 2. The van der Waals surface area contributed by atoms with Gasteiger partial charge >= 0.3 is 0 Å². The van der Waals surface area contributed by atoms with Crippen molar-refractivity contribution in [1.82, 2.24) is 9.47 Å². The van der Waals surface area contributed by atoms with E-state index in [9.17, 15) is 4.79 Å². The molecule has 2 heterocycles. The van der Waals surface area contributed by atoms with Gasteiger partial charge in [0.1, 0.15) is 13.2 Å². The summed E-state index contributed by atoms with van der Waals surface area (Å²) in [7, 11) is 0. The van der Waals surface area contributed by atoms with Crippen LogP contribution in [-0.2, 0) is 16.1 Å². The fourth-order valence-electron chi connectivity index (χ4n) is 3.24. The smallest absolute Gasteiger partial charge is 0.242 e. The predicted molar refractivity (Wildman–Crippen MR) is 90.9 cm³/mol. The normalized spacial score (nSPS) is 18.0. The van der Waals surface area contributed by atoms with E-state index in [1.807, 2.05) is 27.8 Å². The van der Waals surface area contributed by atoms with Crippen LogP contribution < -0.4 is 0 Å². The molecule has 1 unspecified atom stereocenters. The zero-order valence-corrected chi connectivity index (χ0v) is 13.3. The zero-order chi connectivity index (χ0) is 16.1. The lowest BCUT2D eigenvalue weighted by molar-refractivity contribution is -0.134. The highest BCUT2D eigenvalue weighted by atomic mass is 16.5. The highest BCUT2D eigenvalue weighted by Gasteiger charge is 2.24. The Balaban J connectivity index is 1.60. The molecule has 0 saturated carbocycles. The van der Waals surface area contributed by atoms with Gasteiger partial charge in [-0.15, -0.1) is 6.42 Å². The second-order valence-corrected chi connectivity index (χ2v) is 6.07. The third-order valence-corrected chi connectivity index (χ3v) is 4.40. The highest BCUT2D eigenvalue weighted by Crippen LogP contribution is 2.19. The highest BCUT2D eigenvalue weighted by molar-refractivity contribution is 5.83. The Bertz CT molecular complexity index is 713. The number of carbonyl (C=O) groups excluding carboxylic acids is 1. The maximum absolute atomic E-state index is 12.6. The van der Waals surface area contributed by atoms with E-state index in [0.717, 1.165) is 31.4 Å². The monoisotopic (exact) mass is 310 g/mol. The molecule has 1 amide bonds. The van der Waals surface area contributed by atoms with Gasteiger partial charge in [-0.25, -0.2) is 0 Å². The van der Waals surface area contributed by atoms with Crippen LogP contribution in [0.4, 0.5) is 0 Å². The minimum absolute atomic E-state index is 0.174. The van der Waals surface area contributed by atoms with Crippen LogP contribution >= 0.6 is 0 Å². The van der Waals surface area contributed by atoms with Gasteiger partial charge in [0.25, 0.3) is 0 Å². The maximum atomic E-state index is 12.6. The van der Waals surface area contributed by atoms with E-state index in [1.54, 1.807) is 0 Å². The van der Waals surface area contributed by atoms with E-state index >= 15 is 0 Å². The molecule has 1 aromatic heterocycles. The number of carbonyl (C=O) groups is 1. The second-order valence-electron chi connectivity index (χ2n) is 6.07. The van der Waals surface area contributed by atoms with E-state index < -0.39 is 0 Å². The molecule has 0 spiro atoms. The van der Waals surface area contributed by atoms with E-state index in [-0.39, 0.29) is 5.91 Å². The molecule has 120 valence electrons. The first kappa shape index (κ1) is 15.6. The van der Waals surface area contributed by atoms with Crippen LogP contribution in [0.5, 0.6) is 0 Å². The van der Waals surface area contributed by atoms with Gasteiger partial charge in [0.05, 0.1) is 6.61 Å². The number of amides is 1. The first-order valence-electron chi connectivity index (χ1n) is 8.11. The summed E-state index contributed by atoms with van der Waals surface area (Å²) in [6.07, 6.45) is 9.31. The molecule has 2 aromatic rings. The first-order chi connectivity index (χ1) is 11.3. The summed E-state index contributed by atoms with van der Waals surface area (Å²) >= 11 is 0. The Morgan fingerprint density at radius 1 is 1.35 bits per heavy atom. The van der Waals surface area contributed by atoms with Crippen LogP contribution in [0.2, 0.25) is 0 Å². The van der Waals surface area contributed by atoms with Crippen molar-refractivity contribution < 1.29 is 9.53 Å². The largest absolute Gasteiger partial charge is 0.368 e. The van der Waals surface area contributed by atoms with Crippen molar-refractivity contribution in [3.63, 3.8) is 0 Å². The van der Waals surface area contributed by atoms with Crippen LogP contribution in [0.25, 0.3) is 10.9 Å². The molecule has 1 aliphatic heterocycles. The van der Waals surface area contributed by atoms with Crippen LogP contribution in [0.1, 0.15) is 12.8 Å². The molecular formula is C19H22N2O2. The number of rotatable bonds is 5. The minimum Gasteiger partial charge on any atom is -0.368 e. The Labute approximate surface area is 137 Å². The summed E-state index contributed by atoms with van der Waals surface area (Å²) in [5, 5.41) is 1.17. The Kier molecular flexibility index (Phi) is 4.99. The molecule has 1 atom stereocenters. The third kappa shape index (κ3) is 3.75. The number of aromatic nitrogens is 1. The molecule has 3 rings (SSSR count). The lowest BCUT2D eigenvalue weighted by Crippen LogP contribution is -2.42. The molecule has 0 aliphatic carbocycles. The van der Waals surface area contributed by atoms with Gasteiger partial charge in [-0.1, -0.05) is 24.1 Å². The molecule has 1 saturated heterocycles. The number of para-hydroxylation sites is 1. The van der Waals surface area contributed by atoms with Crippen LogP contribution in [0, 0.1) is 18.3 Å².